The highest BCUT2D eigenvalue weighted by molar-refractivity contribution is 7.91. The lowest BCUT2D eigenvalue weighted by molar-refractivity contribution is -0.118. The molecular weight excluding hydrogens is 288 g/mol. The lowest BCUT2D eigenvalue weighted by atomic mass is 10.0. The number of carbonyl (C=O) groups is 1. The van der Waals surface area contributed by atoms with E-state index in [9.17, 15) is 18.3 Å². The van der Waals surface area contributed by atoms with E-state index in [2.05, 4.69) is 0 Å². The third kappa shape index (κ3) is 6.76. The summed E-state index contributed by atoms with van der Waals surface area (Å²) < 4.78 is 23.2. The lowest BCUT2D eigenvalue weighted by Crippen LogP contribution is -2.17. The molecule has 0 aliphatic heterocycles. The molecule has 0 saturated heterocycles. The number of sulfone groups is 1. The molecular formula is C16H24O4S. The summed E-state index contributed by atoms with van der Waals surface area (Å²) in [6.45, 7) is 3.38. The number of phenols is 1. The number of hydrogen-bond donors (Lipinski definition) is 1. The van der Waals surface area contributed by atoms with E-state index < -0.39 is 9.84 Å². The van der Waals surface area contributed by atoms with Crippen LogP contribution in [0.4, 0.5) is 0 Å². The van der Waals surface area contributed by atoms with Crippen LogP contribution in [0.25, 0.3) is 0 Å². The van der Waals surface area contributed by atoms with Gasteiger partial charge in [0.25, 0.3) is 0 Å². The first-order valence-electron chi connectivity index (χ1n) is 7.32. The zero-order valence-corrected chi connectivity index (χ0v) is 13.5. The van der Waals surface area contributed by atoms with Gasteiger partial charge in [-0.3, -0.25) is 4.79 Å². The number of benzene rings is 1. The van der Waals surface area contributed by atoms with Gasteiger partial charge in [-0.2, -0.15) is 0 Å². The maximum Gasteiger partial charge on any atom is 0.152 e. The van der Waals surface area contributed by atoms with Crippen LogP contribution < -0.4 is 0 Å². The minimum absolute atomic E-state index is 0.118. The highest BCUT2D eigenvalue weighted by Crippen LogP contribution is 2.13. The first kappa shape index (κ1) is 17.7. The summed E-state index contributed by atoms with van der Waals surface area (Å²) in [6.07, 6.45) is 2.85. The lowest BCUT2D eigenvalue weighted by Gasteiger charge is -2.07. The second kappa shape index (κ2) is 8.17. The first-order chi connectivity index (χ1) is 9.81. The van der Waals surface area contributed by atoms with E-state index in [0.29, 0.717) is 25.7 Å². The zero-order valence-electron chi connectivity index (χ0n) is 12.7. The van der Waals surface area contributed by atoms with Crippen molar-refractivity contribution >= 4 is 15.6 Å². The molecule has 0 amide bonds. The van der Waals surface area contributed by atoms with Crippen molar-refractivity contribution in [3.8, 4) is 5.75 Å². The molecule has 0 fully saturated rings. The van der Waals surface area contributed by atoms with Crippen LogP contribution in [-0.2, 0) is 21.1 Å². The normalized spacial score (nSPS) is 11.8. The standard InChI is InChI=1S/C16H24O4S/c1-13(2)21(19,20)10-5-3-4-8-15(17)11-14-7-6-9-16(18)12-14/h6-7,9,12-13,18H,3-5,8,10-11H2,1-2H3. The Bertz CT molecular complexity index is 561. The third-order valence-electron chi connectivity index (χ3n) is 3.41. The van der Waals surface area contributed by atoms with Gasteiger partial charge in [0, 0.05) is 12.8 Å². The Hall–Kier alpha value is -1.36. The van der Waals surface area contributed by atoms with Gasteiger partial charge in [-0.1, -0.05) is 18.6 Å². The molecule has 1 N–H and O–H groups in total. The molecule has 0 spiro atoms. The van der Waals surface area contributed by atoms with E-state index in [1.165, 1.54) is 0 Å². The maximum absolute atomic E-state index is 11.8. The van der Waals surface area contributed by atoms with Crippen LogP contribution >= 0.6 is 0 Å². The van der Waals surface area contributed by atoms with Crippen molar-refractivity contribution in [2.75, 3.05) is 5.75 Å². The summed E-state index contributed by atoms with van der Waals surface area (Å²) in [4.78, 5) is 11.8. The summed E-state index contributed by atoms with van der Waals surface area (Å²) in [7, 11) is -2.96. The number of hydrogen-bond acceptors (Lipinski definition) is 4. The van der Waals surface area contributed by atoms with Gasteiger partial charge in [0.1, 0.15) is 11.5 Å². The van der Waals surface area contributed by atoms with Gasteiger partial charge in [0.05, 0.1) is 11.0 Å². The second-order valence-electron chi connectivity index (χ2n) is 5.61. The minimum Gasteiger partial charge on any atom is -0.508 e. The predicted molar refractivity (Wildman–Crippen MR) is 84.2 cm³/mol. The van der Waals surface area contributed by atoms with E-state index in [1.54, 1.807) is 32.0 Å². The summed E-state index contributed by atoms with van der Waals surface area (Å²) >= 11 is 0. The molecule has 0 heterocycles. The molecule has 0 bridgehead atoms. The Morgan fingerprint density at radius 1 is 1.19 bits per heavy atom. The average Bonchev–Trinajstić information content (AvgIpc) is 2.38. The Morgan fingerprint density at radius 3 is 2.52 bits per heavy atom. The number of aromatic hydroxyl groups is 1. The number of phenolic OH excluding ortho intramolecular Hbond substituents is 1. The smallest absolute Gasteiger partial charge is 0.152 e. The van der Waals surface area contributed by atoms with Crippen LogP contribution in [0.2, 0.25) is 0 Å². The molecule has 5 heteroatoms. The van der Waals surface area contributed by atoms with Crippen LogP contribution in [0.1, 0.15) is 45.1 Å². The van der Waals surface area contributed by atoms with Crippen LogP contribution in [-0.4, -0.2) is 30.3 Å². The number of Topliss-reactive ketones (excluding diaryl/α,β-unsaturated/α-hetero) is 1. The Balaban J connectivity index is 2.23. The molecule has 4 nitrogen and oxygen atoms in total. The molecule has 1 aromatic carbocycles. The molecule has 21 heavy (non-hydrogen) atoms. The van der Waals surface area contributed by atoms with Crippen molar-refractivity contribution in [3.05, 3.63) is 29.8 Å². The molecule has 0 aliphatic rings. The fraction of sp³-hybridized carbons (Fsp3) is 0.562. The quantitative estimate of drug-likeness (QED) is 0.712. The minimum atomic E-state index is -2.96. The first-order valence-corrected chi connectivity index (χ1v) is 9.04. The molecule has 1 rings (SSSR count). The van der Waals surface area contributed by atoms with Crippen LogP contribution in [0, 0.1) is 0 Å². The van der Waals surface area contributed by atoms with Gasteiger partial charge in [0.2, 0.25) is 0 Å². The van der Waals surface area contributed by atoms with Gasteiger partial charge >= 0.3 is 0 Å². The Morgan fingerprint density at radius 2 is 1.90 bits per heavy atom. The van der Waals surface area contributed by atoms with Crippen molar-refractivity contribution in [1.82, 2.24) is 0 Å². The number of rotatable bonds is 9. The SMILES string of the molecule is CC(C)S(=O)(=O)CCCCCC(=O)Cc1cccc(O)c1. The summed E-state index contributed by atoms with van der Waals surface area (Å²) in [6, 6.07) is 6.69. The molecule has 0 atom stereocenters. The van der Waals surface area contributed by atoms with Crippen molar-refractivity contribution in [2.45, 2.75) is 51.2 Å². The summed E-state index contributed by atoms with van der Waals surface area (Å²) in [5.74, 6) is 0.484. The number of carbonyl (C=O) groups excluding carboxylic acids is 1. The number of unbranched alkanes of at least 4 members (excludes halogenated alkanes) is 2. The summed E-state index contributed by atoms with van der Waals surface area (Å²) in [5.41, 5.74) is 0.808. The topological polar surface area (TPSA) is 71.4 Å². The molecule has 0 saturated carbocycles. The van der Waals surface area contributed by atoms with Crippen LogP contribution in [0.3, 0.4) is 0 Å². The van der Waals surface area contributed by atoms with Crippen LogP contribution in [0.5, 0.6) is 5.75 Å². The Kier molecular flexibility index (Phi) is 6.89. The summed E-state index contributed by atoms with van der Waals surface area (Å²) in [5, 5.41) is 9.00. The fourth-order valence-electron chi connectivity index (χ4n) is 2.02. The van der Waals surface area contributed by atoms with Crippen molar-refractivity contribution < 1.29 is 18.3 Å². The van der Waals surface area contributed by atoms with Gasteiger partial charge in [-0.25, -0.2) is 8.42 Å². The van der Waals surface area contributed by atoms with Crippen molar-refractivity contribution in [3.63, 3.8) is 0 Å². The zero-order chi connectivity index (χ0) is 15.9. The van der Waals surface area contributed by atoms with Gasteiger partial charge in [-0.05, 0) is 44.4 Å². The van der Waals surface area contributed by atoms with E-state index >= 15 is 0 Å². The number of ketones is 1. The van der Waals surface area contributed by atoms with Crippen molar-refractivity contribution in [2.24, 2.45) is 0 Å². The Labute approximate surface area is 127 Å². The monoisotopic (exact) mass is 312 g/mol. The molecule has 0 aromatic heterocycles. The highest BCUT2D eigenvalue weighted by atomic mass is 32.2. The molecule has 0 aliphatic carbocycles. The van der Waals surface area contributed by atoms with Crippen molar-refractivity contribution in [1.29, 1.82) is 0 Å². The van der Waals surface area contributed by atoms with Crippen LogP contribution in [0.15, 0.2) is 24.3 Å². The van der Waals surface area contributed by atoms with E-state index in [-0.39, 0.29) is 22.5 Å². The van der Waals surface area contributed by atoms with Gasteiger partial charge in [0.15, 0.2) is 9.84 Å². The largest absolute Gasteiger partial charge is 0.508 e. The highest BCUT2D eigenvalue weighted by Gasteiger charge is 2.15. The molecule has 0 unspecified atom stereocenters. The van der Waals surface area contributed by atoms with E-state index in [1.807, 2.05) is 6.07 Å². The molecule has 0 radical (unpaired) electrons. The molecule has 118 valence electrons. The van der Waals surface area contributed by atoms with E-state index in [4.69, 9.17) is 0 Å². The van der Waals surface area contributed by atoms with Gasteiger partial charge in [-0.15, -0.1) is 0 Å². The fourth-order valence-corrected chi connectivity index (χ4v) is 3.10. The van der Waals surface area contributed by atoms with Gasteiger partial charge < -0.3 is 5.11 Å². The third-order valence-corrected chi connectivity index (χ3v) is 5.71. The average molecular weight is 312 g/mol. The van der Waals surface area contributed by atoms with E-state index in [0.717, 1.165) is 12.0 Å². The second-order valence-corrected chi connectivity index (χ2v) is 8.29. The maximum atomic E-state index is 11.8. The molecule has 1 aromatic rings. The predicted octanol–water partition coefficient (Wildman–Crippen LogP) is 2.89.